The molecule has 2 heterocycles. The molecule has 4 rings (SSSR count). The van der Waals surface area contributed by atoms with Crippen molar-refractivity contribution in [3.05, 3.63) is 124 Å². The van der Waals surface area contributed by atoms with E-state index in [1.165, 1.54) is 16.9 Å². The summed E-state index contributed by atoms with van der Waals surface area (Å²) in [5.41, 5.74) is 0.420. The van der Waals surface area contributed by atoms with Crippen molar-refractivity contribution in [3.8, 4) is 5.75 Å². The summed E-state index contributed by atoms with van der Waals surface area (Å²) >= 11 is 0. The number of nitrogens with zero attached hydrogens (tertiary/aromatic N) is 3. The summed E-state index contributed by atoms with van der Waals surface area (Å²) in [5, 5.41) is 4.32. The third-order valence-electron chi connectivity index (χ3n) is 7.10. The maximum Gasteiger partial charge on any atom is 0.278 e. The Morgan fingerprint density at radius 2 is 1.85 bits per heavy atom. The molecule has 2 atom stereocenters. The minimum atomic E-state index is -0.831. The van der Waals surface area contributed by atoms with Crippen LogP contribution < -0.4 is 20.5 Å². The fourth-order valence-electron chi connectivity index (χ4n) is 4.37. The Balaban J connectivity index is 1.83. The Morgan fingerprint density at radius 1 is 1.15 bits per heavy atom. The maximum atomic E-state index is 14.2. The third kappa shape index (κ3) is 6.06. The molecule has 0 bridgehead atoms. The highest BCUT2D eigenvalue weighted by molar-refractivity contribution is 5.99. The van der Waals surface area contributed by atoms with Crippen molar-refractivity contribution in [2.45, 2.75) is 46.0 Å². The molecule has 214 valence electrons. The molecule has 0 aliphatic carbocycles. The van der Waals surface area contributed by atoms with Crippen molar-refractivity contribution in [1.29, 1.82) is 0 Å². The Bertz CT molecular complexity index is 1550. The Labute approximate surface area is 237 Å². The van der Waals surface area contributed by atoms with Crippen LogP contribution in [0.5, 0.6) is 5.75 Å². The van der Waals surface area contributed by atoms with E-state index in [0.29, 0.717) is 6.07 Å². The zero-order valence-electron chi connectivity index (χ0n) is 23.2. The molecule has 1 aliphatic heterocycles. The summed E-state index contributed by atoms with van der Waals surface area (Å²) in [6.45, 7) is 13.2. The fourth-order valence-corrected chi connectivity index (χ4v) is 4.37. The lowest BCUT2D eigenvalue weighted by Crippen LogP contribution is -2.59. The molecular formula is C31H32F2N4O4. The SMILES string of the molecule is C=CC(C)N1CN(C(C)C(=C)C)n2cc(C(=O)NCc3ccc(F)cc3F)c(=O)c(OCc3ccccc3)c2C1=O. The van der Waals surface area contributed by atoms with E-state index >= 15 is 0 Å². The standard InChI is InChI=1S/C31H32F2N4O4/c1-6-20(4)35-18-37(21(5)19(2)3)36-16-25(30(39)34-15-23-12-13-24(32)14-26(23)33)28(38)29(27(36)31(35)40)41-17-22-10-8-7-9-11-22/h6-14,16,20-21H,1-2,15,17-18H2,3-5H3,(H,34,39). The number of fused-ring (bicyclic) bond motifs is 1. The van der Waals surface area contributed by atoms with E-state index in [4.69, 9.17) is 4.74 Å². The van der Waals surface area contributed by atoms with Gasteiger partial charge in [-0.05, 0) is 32.4 Å². The lowest BCUT2D eigenvalue weighted by atomic mass is 10.1. The van der Waals surface area contributed by atoms with Crippen molar-refractivity contribution in [2.75, 3.05) is 11.7 Å². The first-order valence-corrected chi connectivity index (χ1v) is 13.1. The van der Waals surface area contributed by atoms with Gasteiger partial charge in [0.05, 0.1) is 6.04 Å². The first-order valence-electron chi connectivity index (χ1n) is 13.1. The summed E-state index contributed by atoms with van der Waals surface area (Å²) < 4.78 is 35.0. The first-order chi connectivity index (χ1) is 19.5. The summed E-state index contributed by atoms with van der Waals surface area (Å²) in [5.74, 6) is -3.15. The number of benzene rings is 2. The maximum absolute atomic E-state index is 14.2. The molecule has 0 saturated heterocycles. The second-order valence-electron chi connectivity index (χ2n) is 9.94. The van der Waals surface area contributed by atoms with Crippen LogP contribution in [0.4, 0.5) is 8.78 Å². The molecule has 0 saturated carbocycles. The van der Waals surface area contributed by atoms with Gasteiger partial charge in [0.1, 0.15) is 30.5 Å². The van der Waals surface area contributed by atoms with E-state index in [1.807, 2.05) is 39.0 Å². The van der Waals surface area contributed by atoms with E-state index in [2.05, 4.69) is 18.5 Å². The number of rotatable bonds is 10. The minimum Gasteiger partial charge on any atom is -0.482 e. The van der Waals surface area contributed by atoms with Crippen LogP contribution in [0.15, 0.2) is 84.3 Å². The Morgan fingerprint density at radius 3 is 2.49 bits per heavy atom. The monoisotopic (exact) mass is 562 g/mol. The summed E-state index contributed by atoms with van der Waals surface area (Å²) in [6, 6.07) is 11.4. The van der Waals surface area contributed by atoms with E-state index < -0.39 is 28.9 Å². The first kappa shape index (κ1) is 29.3. The van der Waals surface area contributed by atoms with E-state index in [-0.39, 0.29) is 54.5 Å². The van der Waals surface area contributed by atoms with Crippen LogP contribution in [-0.2, 0) is 13.2 Å². The van der Waals surface area contributed by atoms with Crippen LogP contribution in [0.3, 0.4) is 0 Å². The molecule has 1 aromatic heterocycles. The highest BCUT2D eigenvalue weighted by atomic mass is 19.1. The molecule has 41 heavy (non-hydrogen) atoms. The van der Waals surface area contributed by atoms with Crippen LogP contribution >= 0.6 is 0 Å². The highest BCUT2D eigenvalue weighted by Crippen LogP contribution is 2.27. The molecule has 3 aromatic rings. The second-order valence-corrected chi connectivity index (χ2v) is 9.94. The lowest BCUT2D eigenvalue weighted by Gasteiger charge is -2.44. The molecule has 0 radical (unpaired) electrons. The molecule has 0 fully saturated rings. The molecule has 2 aromatic carbocycles. The van der Waals surface area contributed by atoms with Gasteiger partial charge < -0.3 is 15.0 Å². The summed E-state index contributed by atoms with van der Waals surface area (Å²) in [6.07, 6.45) is 2.91. The van der Waals surface area contributed by atoms with Gasteiger partial charge in [0.25, 0.3) is 11.8 Å². The summed E-state index contributed by atoms with van der Waals surface area (Å²) in [7, 11) is 0. The number of carbonyl (C=O) groups excluding carboxylic acids is 2. The molecular weight excluding hydrogens is 530 g/mol. The number of hydrogen-bond acceptors (Lipinski definition) is 5. The van der Waals surface area contributed by atoms with Crippen LogP contribution in [0, 0.1) is 11.6 Å². The number of carbonyl (C=O) groups is 2. The average molecular weight is 563 g/mol. The van der Waals surface area contributed by atoms with Crippen molar-refractivity contribution in [1.82, 2.24) is 14.9 Å². The van der Waals surface area contributed by atoms with Crippen LogP contribution in [0.2, 0.25) is 0 Å². The third-order valence-corrected chi connectivity index (χ3v) is 7.10. The average Bonchev–Trinajstić information content (AvgIpc) is 2.95. The van der Waals surface area contributed by atoms with Crippen molar-refractivity contribution >= 4 is 11.8 Å². The quantitative estimate of drug-likeness (QED) is 0.368. The Hall–Kier alpha value is -4.73. The minimum absolute atomic E-state index is 0.0325. The zero-order chi connectivity index (χ0) is 29.8. The number of amides is 2. The van der Waals surface area contributed by atoms with Gasteiger partial charge in [-0.3, -0.25) is 24.1 Å². The van der Waals surface area contributed by atoms with Gasteiger partial charge in [-0.1, -0.05) is 54.6 Å². The van der Waals surface area contributed by atoms with Gasteiger partial charge in [0.2, 0.25) is 5.43 Å². The van der Waals surface area contributed by atoms with Gasteiger partial charge in [0.15, 0.2) is 11.4 Å². The van der Waals surface area contributed by atoms with Gasteiger partial charge in [0, 0.05) is 30.4 Å². The van der Waals surface area contributed by atoms with Crippen molar-refractivity contribution in [2.24, 2.45) is 0 Å². The van der Waals surface area contributed by atoms with Gasteiger partial charge in [-0.15, -0.1) is 6.58 Å². The van der Waals surface area contributed by atoms with Gasteiger partial charge >= 0.3 is 0 Å². The number of hydrogen-bond donors (Lipinski definition) is 1. The predicted molar refractivity (Wildman–Crippen MR) is 152 cm³/mol. The number of ether oxygens (including phenoxy) is 1. The molecule has 0 spiro atoms. The molecule has 2 amide bonds. The predicted octanol–water partition coefficient (Wildman–Crippen LogP) is 4.53. The number of aromatic nitrogens is 1. The largest absolute Gasteiger partial charge is 0.482 e. The molecule has 1 aliphatic rings. The molecule has 1 N–H and O–H groups in total. The fraction of sp³-hybridized carbons (Fsp3) is 0.258. The van der Waals surface area contributed by atoms with E-state index in [1.54, 1.807) is 28.1 Å². The topological polar surface area (TPSA) is 83.9 Å². The highest BCUT2D eigenvalue weighted by Gasteiger charge is 2.38. The summed E-state index contributed by atoms with van der Waals surface area (Å²) in [4.78, 5) is 42.5. The van der Waals surface area contributed by atoms with E-state index in [9.17, 15) is 23.2 Å². The lowest BCUT2D eigenvalue weighted by molar-refractivity contribution is 0.0640. The van der Waals surface area contributed by atoms with Crippen LogP contribution in [0.1, 0.15) is 52.7 Å². The van der Waals surface area contributed by atoms with E-state index in [0.717, 1.165) is 17.2 Å². The molecule has 2 unspecified atom stereocenters. The molecule has 8 nitrogen and oxygen atoms in total. The smallest absolute Gasteiger partial charge is 0.278 e. The number of pyridine rings is 1. The number of nitrogens with one attached hydrogen (secondary N) is 1. The van der Waals surface area contributed by atoms with Crippen molar-refractivity contribution < 1.29 is 23.1 Å². The number of halogens is 2. The van der Waals surface area contributed by atoms with Crippen LogP contribution in [0.25, 0.3) is 0 Å². The zero-order valence-corrected chi connectivity index (χ0v) is 23.2. The van der Waals surface area contributed by atoms with Crippen molar-refractivity contribution in [3.63, 3.8) is 0 Å². The normalized spacial score (nSPS) is 14.2. The van der Waals surface area contributed by atoms with Crippen LogP contribution in [-0.4, -0.2) is 40.1 Å². The van der Waals surface area contributed by atoms with Gasteiger partial charge in [-0.25, -0.2) is 8.78 Å². The van der Waals surface area contributed by atoms with Gasteiger partial charge in [-0.2, -0.15) is 0 Å². The second kappa shape index (κ2) is 12.2. The molecule has 10 heteroatoms. The Kier molecular flexibility index (Phi) is 8.71.